The maximum atomic E-state index is 12.3. The van der Waals surface area contributed by atoms with Crippen LogP contribution in [-0.2, 0) is 4.79 Å². The Morgan fingerprint density at radius 1 is 1.38 bits per heavy atom. The number of amides is 1. The first kappa shape index (κ1) is 16.5. The van der Waals surface area contributed by atoms with Gasteiger partial charge in [-0.15, -0.1) is 11.3 Å². The van der Waals surface area contributed by atoms with Gasteiger partial charge < -0.3 is 10.2 Å². The van der Waals surface area contributed by atoms with E-state index in [1.807, 2.05) is 37.0 Å². The summed E-state index contributed by atoms with van der Waals surface area (Å²) in [6.45, 7) is 12.2. The van der Waals surface area contributed by atoms with Gasteiger partial charge in [-0.1, -0.05) is 20.8 Å². The van der Waals surface area contributed by atoms with Gasteiger partial charge in [0.25, 0.3) is 0 Å². The topological polar surface area (TPSA) is 32.3 Å². The van der Waals surface area contributed by atoms with Crippen LogP contribution in [0.4, 0.5) is 0 Å². The van der Waals surface area contributed by atoms with Gasteiger partial charge >= 0.3 is 0 Å². The van der Waals surface area contributed by atoms with Crippen LogP contribution in [0.3, 0.4) is 0 Å². The summed E-state index contributed by atoms with van der Waals surface area (Å²) >= 11 is 1.83. The summed E-state index contributed by atoms with van der Waals surface area (Å²) in [4.78, 5) is 15.7. The Morgan fingerprint density at radius 3 is 2.48 bits per heavy atom. The molecule has 1 saturated heterocycles. The molecule has 118 valence electrons. The molecule has 3 nitrogen and oxygen atoms in total. The number of thiophene rings is 1. The predicted molar refractivity (Wildman–Crippen MR) is 89.7 cm³/mol. The van der Waals surface area contributed by atoms with Crippen LogP contribution >= 0.6 is 11.3 Å². The summed E-state index contributed by atoms with van der Waals surface area (Å²) in [5.41, 5.74) is 1.11. The number of nitrogens with one attached hydrogen (secondary N) is 1. The molecule has 1 aromatic rings. The second-order valence-corrected chi connectivity index (χ2v) is 8.12. The highest BCUT2D eigenvalue weighted by atomic mass is 32.1. The summed E-state index contributed by atoms with van der Waals surface area (Å²) in [5, 5.41) is 5.89. The molecule has 0 aliphatic carbocycles. The van der Waals surface area contributed by atoms with Crippen LogP contribution < -0.4 is 5.32 Å². The molecule has 0 bridgehead atoms. The molecular weight excluding hydrogens is 280 g/mol. The molecule has 2 rings (SSSR count). The lowest BCUT2D eigenvalue weighted by molar-refractivity contribution is -0.140. The average Bonchev–Trinajstić information content (AvgIpc) is 2.84. The molecule has 1 aromatic heterocycles. The molecule has 1 fully saturated rings. The lowest BCUT2D eigenvalue weighted by Gasteiger charge is -2.37. The van der Waals surface area contributed by atoms with Crippen molar-refractivity contribution in [3.8, 4) is 0 Å². The van der Waals surface area contributed by atoms with Gasteiger partial charge in [0.05, 0.1) is 0 Å². The second-order valence-electron chi connectivity index (χ2n) is 7.17. The SMILES string of the molecule is Cc1ccsc1C(C)NC1CCN(C(=O)C(C)(C)C)CC1. The van der Waals surface area contributed by atoms with Crippen molar-refractivity contribution in [3.05, 3.63) is 21.9 Å². The van der Waals surface area contributed by atoms with Gasteiger partial charge in [-0.3, -0.25) is 4.79 Å². The standard InChI is InChI=1S/C17H28N2OS/c1-12-8-11-21-15(12)13(2)18-14-6-9-19(10-7-14)16(20)17(3,4)5/h8,11,13-14,18H,6-7,9-10H2,1-5H3. The molecular formula is C17H28N2OS. The second kappa shape index (κ2) is 6.49. The lowest BCUT2D eigenvalue weighted by Crippen LogP contribution is -2.48. The first-order chi connectivity index (χ1) is 9.79. The molecule has 1 amide bonds. The molecule has 0 aromatic carbocycles. The molecule has 1 aliphatic heterocycles. The summed E-state index contributed by atoms with van der Waals surface area (Å²) < 4.78 is 0. The van der Waals surface area contributed by atoms with Gasteiger partial charge in [0.1, 0.15) is 0 Å². The minimum absolute atomic E-state index is 0.262. The zero-order valence-corrected chi connectivity index (χ0v) is 14.7. The van der Waals surface area contributed by atoms with Crippen molar-refractivity contribution in [2.75, 3.05) is 13.1 Å². The van der Waals surface area contributed by atoms with Crippen LogP contribution in [0, 0.1) is 12.3 Å². The zero-order valence-electron chi connectivity index (χ0n) is 13.9. The van der Waals surface area contributed by atoms with Gasteiger partial charge in [0, 0.05) is 35.5 Å². The van der Waals surface area contributed by atoms with E-state index in [-0.39, 0.29) is 11.3 Å². The Morgan fingerprint density at radius 2 is 2.00 bits per heavy atom. The van der Waals surface area contributed by atoms with E-state index in [2.05, 4.69) is 30.6 Å². The third-order valence-corrected chi connectivity index (χ3v) is 5.41. The monoisotopic (exact) mass is 308 g/mol. The number of nitrogens with zero attached hydrogens (tertiary/aromatic N) is 1. The van der Waals surface area contributed by atoms with Crippen molar-refractivity contribution >= 4 is 17.2 Å². The highest BCUT2D eigenvalue weighted by molar-refractivity contribution is 7.10. The fraction of sp³-hybridized carbons (Fsp3) is 0.706. The number of likely N-dealkylation sites (tertiary alicyclic amines) is 1. The number of rotatable bonds is 3. The fourth-order valence-corrected chi connectivity index (χ4v) is 3.93. The van der Waals surface area contributed by atoms with Gasteiger partial charge in [0.15, 0.2) is 0 Å². The van der Waals surface area contributed by atoms with Crippen LogP contribution in [0.2, 0.25) is 0 Å². The van der Waals surface area contributed by atoms with E-state index in [9.17, 15) is 4.79 Å². The number of aryl methyl sites for hydroxylation is 1. The summed E-state index contributed by atoms with van der Waals surface area (Å²) in [6.07, 6.45) is 2.10. The Hall–Kier alpha value is -0.870. The molecule has 1 aliphatic rings. The molecule has 1 N–H and O–H groups in total. The maximum Gasteiger partial charge on any atom is 0.227 e. The van der Waals surface area contributed by atoms with Crippen molar-refractivity contribution in [1.82, 2.24) is 10.2 Å². The molecule has 4 heteroatoms. The van der Waals surface area contributed by atoms with Gasteiger partial charge in [-0.05, 0) is 43.7 Å². The number of hydrogen-bond acceptors (Lipinski definition) is 3. The van der Waals surface area contributed by atoms with Crippen LogP contribution in [0.15, 0.2) is 11.4 Å². The van der Waals surface area contributed by atoms with E-state index in [0.29, 0.717) is 12.1 Å². The summed E-state index contributed by atoms with van der Waals surface area (Å²) in [6, 6.07) is 3.10. The van der Waals surface area contributed by atoms with E-state index in [1.54, 1.807) is 0 Å². The summed E-state index contributed by atoms with van der Waals surface area (Å²) in [7, 11) is 0. The summed E-state index contributed by atoms with van der Waals surface area (Å²) in [5.74, 6) is 0.281. The van der Waals surface area contributed by atoms with Gasteiger partial charge in [-0.25, -0.2) is 0 Å². The molecule has 21 heavy (non-hydrogen) atoms. The van der Waals surface area contributed by atoms with Crippen LogP contribution in [-0.4, -0.2) is 29.9 Å². The zero-order chi connectivity index (χ0) is 15.6. The third kappa shape index (κ3) is 4.07. The van der Waals surface area contributed by atoms with Crippen LogP contribution in [0.5, 0.6) is 0 Å². The van der Waals surface area contributed by atoms with E-state index in [4.69, 9.17) is 0 Å². The van der Waals surface area contributed by atoms with E-state index < -0.39 is 0 Å². The van der Waals surface area contributed by atoms with Gasteiger partial charge in [-0.2, -0.15) is 0 Å². The van der Waals surface area contributed by atoms with Crippen LogP contribution in [0.1, 0.15) is 57.0 Å². The number of piperidine rings is 1. The highest BCUT2D eigenvalue weighted by Crippen LogP contribution is 2.26. The minimum atomic E-state index is -0.262. The van der Waals surface area contributed by atoms with Crippen LogP contribution in [0.25, 0.3) is 0 Å². The van der Waals surface area contributed by atoms with Crippen molar-refractivity contribution in [2.24, 2.45) is 5.41 Å². The molecule has 0 radical (unpaired) electrons. The first-order valence-electron chi connectivity index (χ1n) is 7.88. The Balaban J connectivity index is 1.85. The highest BCUT2D eigenvalue weighted by Gasteiger charge is 2.30. The van der Waals surface area contributed by atoms with Crippen molar-refractivity contribution in [1.29, 1.82) is 0 Å². The van der Waals surface area contributed by atoms with Crippen molar-refractivity contribution in [2.45, 2.75) is 59.5 Å². The normalized spacial score (nSPS) is 18.8. The fourth-order valence-electron chi connectivity index (χ4n) is 2.98. The molecule has 2 heterocycles. The van der Waals surface area contributed by atoms with Crippen molar-refractivity contribution in [3.63, 3.8) is 0 Å². The van der Waals surface area contributed by atoms with Crippen molar-refractivity contribution < 1.29 is 4.79 Å². The van der Waals surface area contributed by atoms with E-state index in [1.165, 1.54) is 10.4 Å². The quantitative estimate of drug-likeness (QED) is 0.922. The van der Waals surface area contributed by atoms with E-state index >= 15 is 0 Å². The Kier molecular flexibility index (Phi) is 5.10. The largest absolute Gasteiger partial charge is 0.342 e. The van der Waals surface area contributed by atoms with E-state index in [0.717, 1.165) is 25.9 Å². The first-order valence-corrected chi connectivity index (χ1v) is 8.76. The molecule has 0 spiro atoms. The molecule has 1 unspecified atom stereocenters. The third-order valence-electron chi connectivity index (χ3n) is 4.20. The number of carbonyl (C=O) groups excluding carboxylic acids is 1. The predicted octanol–water partition coefficient (Wildman–Crippen LogP) is 3.74. The Labute approximate surface area is 132 Å². The number of carbonyl (C=O) groups is 1. The van der Waals surface area contributed by atoms with Gasteiger partial charge in [0.2, 0.25) is 5.91 Å². The lowest BCUT2D eigenvalue weighted by atomic mass is 9.93. The minimum Gasteiger partial charge on any atom is -0.342 e. The number of hydrogen-bond donors (Lipinski definition) is 1. The molecule has 0 saturated carbocycles. The molecule has 1 atom stereocenters. The Bertz CT molecular complexity index is 481. The maximum absolute atomic E-state index is 12.3. The smallest absolute Gasteiger partial charge is 0.227 e. The average molecular weight is 308 g/mol.